The van der Waals surface area contributed by atoms with Crippen LogP contribution in [0.3, 0.4) is 0 Å². The quantitative estimate of drug-likeness (QED) is 0.649. The number of hydrogen-bond donors (Lipinski definition) is 0. The van der Waals surface area contributed by atoms with Gasteiger partial charge in [-0.15, -0.1) is 0 Å². The third-order valence-electron chi connectivity index (χ3n) is 0.697. The number of hydrogen-bond acceptors (Lipinski definition) is 0. The first kappa shape index (κ1) is 15.9. The van der Waals surface area contributed by atoms with Crippen LogP contribution >= 0.6 is 0 Å². The number of rotatable bonds is 1. The molecule has 0 nitrogen and oxygen atoms in total. The first-order chi connectivity index (χ1) is 3.27. The Hall–Kier alpha value is 0.688. The van der Waals surface area contributed by atoms with Crippen molar-refractivity contribution in [3.8, 4) is 0 Å². The molecule has 0 aromatic heterocycles. The summed E-state index contributed by atoms with van der Waals surface area (Å²) < 4.78 is 0. The third-order valence-corrected chi connectivity index (χ3v) is 0.697. The predicted molar refractivity (Wildman–Crippen MR) is 35.8 cm³/mol. The Bertz CT molecular complexity index is 18.3. The molecule has 0 aromatic carbocycles. The fourth-order valence-corrected chi connectivity index (χ4v) is 0. The van der Waals surface area contributed by atoms with Crippen molar-refractivity contribution in [2.45, 2.75) is 27.2 Å². The van der Waals surface area contributed by atoms with Crippen LogP contribution in [0.1, 0.15) is 27.2 Å². The minimum absolute atomic E-state index is 0. The molecule has 8 heavy (non-hydrogen) atoms. The van der Waals surface area contributed by atoms with Crippen LogP contribution in [0, 0.1) is 19.8 Å². The summed E-state index contributed by atoms with van der Waals surface area (Å²) in [4.78, 5) is 0. The van der Waals surface area contributed by atoms with E-state index in [2.05, 4.69) is 27.7 Å². The van der Waals surface area contributed by atoms with Gasteiger partial charge >= 0.3 is 21.1 Å². The SMILES string of the molecule is [CH2-]C.[CH2-]C(C)CC.[W+2]. The van der Waals surface area contributed by atoms with Crippen LogP contribution in [0.2, 0.25) is 0 Å². The molecule has 0 aliphatic rings. The maximum atomic E-state index is 3.76. The Labute approximate surface area is 68.3 Å². The zero-order valence-electron chi connectivity index (χ0n) is 6.11. The standard InChI is InChI=1S/C5H11.C2H5.W/c1-4-5(2)3;1-2;/h5H,2,4H2,1,3H3;1H2,2H3;/q2*-1;+2. The van der Waals surface area contributed by atoms with Crippen LogP contribution in [0.4, 0.5) is 0 Å². The molecular formula is C7H16W. The minimum atomic E-state index is 0. The minimum Gasteiger partial charge on any atom is -0.346 e. The van der Waals surface area contributed by atoms with Gasteiger partial charge in [0, 0.05) is 0 Å². The molecule has 0 radical (unpaired) electrons. The zero-order chi connectivity index (χ0) is 6.28. The molecule has 0 saturated heterocycles. The molecule has 0 aliphatic heterocycles. The second kappa shape index (κ2) is 15.6. The zero-order valence-corrected chi connectivity index (χ0v) is 9.04. The average molecular weight is 284 g/mol. The second-order valence-electron chi connectivity index (χ2n) is 1.51. The normalized spacial score (nSPS) is 10.1. The largest absolute Gasteiger partial charge is 2.00 e. The van der Waals surface area contributed by atoms with Crippen LogP contribution in [0.15, 0.2) is 0 Å². The molecule has 1 atom stereocenters. The van der Waals surface area contributed by atoms with Crippen molar-refractivity contribution in [2.75, 3.05) is 0 Å². The van der Waals surface area contributed by atoms with E-state index in [1.807, 2.05) is 0 Å². The first-order valence-corrected chi connectivity index (χ1v) is 2.81. The molecule has 0 spiro atoms. The fourth-order valence-electron chi connectivity index (χ4n) is 0. The van der Waals surface area contributed by atoms with Crippen LogP contribution in [0.5, 0.6) is 0 Å². The Morgan fingerprint density at radius 3 is 1.50 bits per heavy atom. The Morgan fingerprint density at radius 1 is 1.38 bits per heavy atom. The third kappa shape index (κ3) is 29.9. The predicted octanol–water partition coefficient (Wildman–Crippen LogP) is 2.70. The van der Waals surface area contributed by atoms with E-state index in [0.717, 1.165) is 0 Å². The summed E-state index contributed by atoms with van der Waals surface area (Å²) in [7, 11) is 0. The Morgan fingerprint density at radius 2 is 1.50 bits per heavy atom. The van der Waals surface area contributed by atoms with Crippen molar-refractivity contribution in [1.82, 2.24) is 0 Å². The van der Waals surface area contributed by atoms with E-state index >= 15 is 0 Å². The first-order valence-electron chi connectivity index (χ1n) is 2.81. The van der Waals surface area contributed by atoms with Crippen molar-refractivity contribution >= 4 is 0 Å². The van der Waals surface area contributed by atoms with Gasteiger partial charge in [-0.05, 0) is 0 Å². The van der Waals surface area contributed by atoms with Crippen LogP contribution in [0.25, 0.3) is 0 Å². The van der Waals surface area contributed by atoms with Gasteiger partial charge in [-0.1, -0.05) is 20.3 Å². The molecule has 0 N–H and O–H groups in total. The summed E-state index contributed by atoms with van der Waals surface area (Å²) in [6.45, 7) is 13.0. The van der Waals surface area contributed by atoms with Crippen LogP contribution < -0.4 is 0 Å². The molecule has 1 unspecified atom stereocenters. The van der Waals surface area contributed by atoms with Crippen LogP contribution in [-0.4, -0.2) is 0 Å². The summed E-state index contributed by atoms with van der Waals surface area (Å²) in [5, 5.41) is 0. The van der Waals surface area contributed by atoms with E-state index < -0.39 is 0 Å². The van der Waals surface area contributed by atoms with E-state index in [0.29, 0.717) is 5.92 Å². The summed E-state index contributed by atoms with van der Waals surface area (Å²) in [5.74, 6) is 0.634. The molecule has 0 heterocycles. The Kier molecular flexibility index (Phi) is 31.0. The van der Waals surface area contributed by atoms with Gasteiger partial charge in [-0.2, -0.15) is 12.8 Å². The molecule has 0 amide bonds. The molecule has 0 rings (SSSR count). The van der Waals surface area contributed by atoms with Gasteiger partial charge in [-0.3, -0.25) is 0 Å². The van der Waals surface area contributed by atoms with Crippen molar-refractivity contribution in [3.63, 3.8) is 0 Å². The summed E-state index contributed by atoms with van der Waals surface area (Å²) in [5.41, 5.74) is 0. The second-order valence-corrected chi connectivity index (χ2v) is 1.51. The molecule has 0 aromatic rings. The van der Waals surface area contributed by atoms with Gasteiger partial charge in [-0.25, -0.2) is 0 Å². The van der Waals surface area contributed by atoms with Crippen molar-refractivity contribution in [1.29, 1.82) is 0 Å². The van der Waals surface area contributed by atoms with Crippen LogP contribution in [-0.2, 0) is 21.1 Å². The van der Waals surface area contributed by atoms with Gasteiger partial charge in [0.1, 0.15) is 0 Å². The summed E-state index contributed by atoms with van der Waals surface area (Å²) >= 11 is 0. The van der Waals surface area contributed by atoms with Crippen molar-refractivity contribution in [2.24, 2.45) is 5.92 Å². The molecule has 0 saturated carbocycles. The van der Waals surface area contributed by atoms with Gasteiger partial charge in [0.25, 0.3) is 0 Å². The van der Waals surface area contributed by atoms with E-state index in [1.54, 1.807) is 6.92 Å². The van der Waals surface area contributed by atoms with E-state index in [-0.39, 0.29) is 21.1 Å². The molecule has 0 fully saturated rings. The summed E-state index contributed by atoms with van der Waals surface area (Å²) in [6, 6.07) is 0. The average Bonchev–Trinajstić information content (AvgIpc) is 1.73. The van der Waals surface area contributed by atoms with Crippen molar-refractivity contribution in [3.05, 3.63) is 13.8 Å². The van der Waals surface area contributed by atoms with Gasteiger partial charge < -0.3 is 13.8 Å². The van der Waals surface area contributed by atoms with E-state index in [4.69, 9.17) is 0 Å². The van der Waals surface area contributed by atoms with E-state index in [9.17, 15) is 0 Å². The summed E-state index contributed by atoms with van der Waals surface area (Å²) in [6.07, 6.45) is 1.19. The maximum Gasteiger partial charge on any atom is 2.00 e. The molecule has 1 heteroatoms. The van der Waals surface area contributed by atoms with Gasteiger partial charge in [0.2, 0.25) is 0 Å². The topological polar surface area (TPSA) is 0 Å². The molecule has 0 aliphatic carbocycles. The maximum absolute atomic E-state index is 3.76. The van der Waals surface area contributed by atoms with Gasteiger partial charge in [0.05, 0.1) is 0 Å². The Balaban J connectivity index is -0.0000000750. The molecule has 50 valence electrons. The van der Waals surface area contributed by atoms with Crippen molar-refractivity contribution < 1.29 is 21.1 Å². The molecule has 0 bridgehead atoms. The van der Waals surface area contributed by atoms with Gasteiger partial charge in [0.15, 0.2) is 0 Å². The fraction of sp³-hybridized carbons (Fsp3) is 0.714. The monoisotopic (exact) mass is 284 g/mol. The molecular weight excluding hydrogens is 268 g/mol. The smallest absolute Gasteiger partial charge is 0.346 e. The van der Waals surface area contributed by atoms with E-state index in [1.165, 1.54) is 6.42 Å².